The van der Waals surface area contributed by atoms with Crippen LogP contribution in [0.3, 0.4) is 0 Å². The lowest BCUT2D eigenvalue weighted by Gasteiger charge is -2.11. The minimum absolute atomic E-state index is 0.0271. The molecule has 1 amide bonds. The lowest BCUT2D eigenvalue weighted by Crippen LogP contribution is -2.35. The molecule has 0 aliphatic carbocycles. The SMILES string of the molecule is COC1CNC(C(=O)Nc2cncc(C(=O)O)c2)C1. The maximum absolute atomic E-state index is 12.0. The van der Waals surface area contributed by atoms with Crippen molar-refractivity contribution in [3.8, 4) is 0 Å². The maximum Gasteiger partial charge on any atom is 0.337 e. The summed E-state index contributed by atoms with van der Waals surface area (Å²) in [6.07, 6.45) is 3.26. The molecule has 0 aromatic carbocycles. The van der Waals surface area contributed by atoms with Gasteiger partial charge in [0.05, 0.1) is 29.6 Å². The molecule has 0 saturated carbocycles. The molecule has 3 N–H and O–H groups in total. The molecule has 2 atom stereocenters. The van der Waals surface area contributed by atoms with Crippen LogP contribution >= 0.6 is 0 Å². The third-order valence-corrected chi connectivity index (χ3v) is 2.99. The van der Waals surface area contributed by atoms with Gasteiger partial charge in [-0.1, -0.05) is 0 Å². The zero-order valence-electron chi connectivity index (χ0n) is 10.4. The Labute approximate surface area is 110 Å². The van der Waals surface area contributed by atoms with Crippen molar-refractivity contribution in [1.82, 2.24) is 10.3 Å². The largest absolute Gasteiger partial charge is 0.478 e. The summed E-state index contributed by atoms with van der Waals surface area (Å²) in [6, 6.07) is 1.04. The first-order valence-electron chi connectivity index (χ1n) is 5.85. The summed E-state index contributed by atoms with van der Waals surface area (Å²) in [5.74, 6) is -1.30. The van der Waals surface area contributed by atoms with Gasteiger partial charge in [-0.3, -0.25) is 9.78 Å². The van der Waals surface area contributed by atoms with E-state index >= 15 is 0 Å². The Balaban J connectivity index is 1.99. The van der Waals surface area contributed by atoms with E-state index in [0.717, 1.165) is 0 Å². The summed E-state index contributed by atoms with van der Waals surface area (Å²) < 4.78 is 5.16. The van der Waals surface area contributed by atoms with Crippen molar-refractivity contribution in [3.05, 3.63) is 24.0 Å². The molecule has 1 fully saturated rings. The van der Waals surface area contributed by atoms with Crippen molar-refractivity contribution in [1.29, 1.82) is 0 Å². The number of hydrogen-bond acceptors (Lipinski definition) is 5. The van der Waals surface area contributed by atoms with E-state index in [1.54, 1.807) is 7.11 Å². The van der Waals surface area contributed by atoms with Crippen molar-refractivity contribution in [2.75, 3.05) is 19.0 Å². The smallest absolute Gasteiger partial charge is 0.337 e. The lowest BCUT2D eigenvalue weighted by atomic mass is 10.2. The Kier molecular flexibility index (Phi) is 4.08. The lowest BCUT2D eigenvalue weighted by molar-refractivity contribution is -0.118. The standard InChI is InChI=1S/C12H15N3O4/c1-19-9-3-10(14-6-9)11(16)15-8-2-7(12(17)18)4-13-5-8/h2,4-5,9-10,14H,3,6H2,1H3,(H,15,16)(H,17,18). The summed E-state index contributed by atoms with van der Waals surface area (Å²) in [6.45, 7) is 0.627. The van der Waals surface area contributed by atoms with Gasteiger partial charge in [0.2, 0.25) is 5.91 Å². The van der Waals surface area contributed by atoms with E-state index in [4.69, 9.17) is 9.84 Å². The molecule has 1 aromatic rings. The van der Waals surface area contributed by atoms with Crippen LogP contribution in [0.2, 0.25) is 0 Å². The molecule has 0 radical (unpaired) electrons. The van der Waals surface area contributed by atoms with Crippen LogP contribution in [0, 0.1) is 0 Å². The quantitative estimate of drug-likeness (QED) is 0.713. The van der Waals surface area contributed by atoms with E-state index in [-0.39, 0.29) is 23.6 Å². The van der Waals surface area contributed by atoms with Gasteiger partial charge < -0.3 is 20.5 Å². The van der Waals surface area contributed by atoms with Gasteiger partial charge in [0.25, 0.3) is 0 Å². The highest BCUT2D eigenvalue weighted by molar-refractivity contribution is 5.96. The third kappa shape index (κ3) is 3.27. The Morgan fingerprint density at radius 3 is 2.95 bits per heavy atom. The molecule has 7 nitrogen and oxygen atoms in total. The number of pyridine rings is 1. The summed E-state index contributed by atoms with van der Waals surface area (Å²) in [7, 11) is 1.60. The number of carbonyl (C=O) groups excluding carboxylic acids is 1. The molecule has 19 heavy (non-hydrogen) atoms. The molecule has 7 heteroatoms. The number of carboxylic acids is 1. The molecule has 102 valence electrons. The fraction of sp³-hybridized carbons (Fsp3) is 0.417. The second-order valence-electron chi connectivity index (χ2n) is 4.31. The molecular formula is C12H15N3O4. The highest BCUT2D eigenvalue weighted by Gasteiger charge is 2.29. The molecular weight excluding hydrogens is 250 g/mol. The Bertz CT molecular complexity index is 492. The van der Waals surface area contributed by atoms with Crippen molar-refractivity contribution in [3.63, 3.8) is 0 Å². The van der Waals surface area contributed by atoms with Gasteiger partial charge in [-0.15, -0.1) is 0 Å². The fourth-order valence-electron chi connectivity index (χ4n) is 1.94. The van der Waals surface area contributed by atoms with Crippen LogP contribution in [0.25, 0.3) is 0 Å². The highest BCUT2D eigenvalue weighted by atomic mass is 16.5. The number of anilines is 1. The van der Waals surface area contributed by atoms with Crippen LogP contribution in [0.1, 0.15) is 16.8 Å². The normalized spacial score (nSPS) is 22.2. The van der Waals surface area contributed by atoms with Crippen molar-refractivity contribution in [2.24, 2.45) is 0 Å². The number of rotatable bonds is 4. The topological polar surface area (TPSA) is 101 Å². The van der Waals surface area contributed by atoms with Crippen LogP contribution in [-0.4, -0.2) is 47.8 Å². The second kappa shape index (κ2) is 5.77. The van der Waals surface area contributed by atoms with E-state index in [1.807, 2.05) is 0 Å². The predicted molar refractivity (Wildman–Crippen MR) is 67.0 cm³/mol. The Hall–Kier alpha value is -1.99. The van der Waals surface area contributed by atoms with Crippen molar-refractivity contribution < 1.29 is 19.4 Å². The van der Waals surface area contributed by atoms with Crippen molar-refractivity contribution >= 4 is 17.6 Å². The zero-order valence-corrected chi connectivity index (χ0v) is 10.4. The first kappa shape index (κ1) is 13.4. The third-order valence-electron chi connectivity index (χ3n) is 2.99. The zero-order chi connectivity index (χ0) is 13.8. The predicted octanol–water partition coefficient (Wildman–Crippen LogP) is 0.0952. The van der Waals surface area contributed by atoms with E-state index < -0.39 is 5.97 Å². The number of carbonyl (C=O) groups is 2. The molecule has 2 rings (SSSR count). The fourth-order valence-corrected chi connectivity index (χ4v) is 1.94. The number of carboxylic acid groups (broad SMARTS) is 1. The van der Waals surface area contributed by atoms with Gasteiger partial charge in [0.15, 0.2) is 0 Å². The number of aromatic nitrogens is 1. The Morgan fingerprint density at radius 1 is 1.53 bits per heavy atom. The van der Waals surface area contributed by atoms with Crippen LogP contribution in [-0.2, 0) is 9.53 Å². The average molecular weight is 265 g/mol. The Morgan fingerprint density at radius 2 is 2.32 bits per heavy atom. The minimum atomic E-state index is -1.08. The molecule has 2 unspecified atom stereocenters. The number of nitrogens with one attached hydrogen (secondary N) is 2. The van der Waals surface area contributed by atoms with Crippen LogP contribution in [0.15, 0.2) is 18.5 Å². The molecule has 1 aliphatic rings. The number of methoxy groups -OCH3 is 1. The number of aromatic carboxylic acids is 1. The summed E-state index contributed by atoms with van der Waals surface area (Å²) >= 11 is 0. The van der Waals surface area contributed by atoms with Crippen LogP contribution in [0.4, 0.5) is 5.69 Å². The summed E-state index contributed by atoms with van der Waals surface area (Å²) in [5, 5.41) is 14.5. The first-order valence-corrected chi connectivity index (χ1v) is 5.85. The first-order chi connectivity index (χ1) is 9.10. The summed E-state index contributed by atoms with van der Waals surface area (Å²) in [5.41, 5.74) is 0.402. The molecule has 1 aliphatic heterocycles. The van der Waals surface area contributed by atoms with Crippen LogP contribution in [0.5, 0.6) is 0 Å². The number of hydrogen-bond donors (Lipinski definition) is 3. The second-order valence-corrected chi connectivity index (χ2v) is 4.31. The van der Waals surface area contributed by atoms with Gasteiger partial charge in [-0.05, 0) is 12.5 Å². The van der Waals surface area contributed by atoms with Gasteiger partial charge >= 0.3 is 5.97 Å². The van der Waals surface area contributed by atoms with Gasteiger partial charge in [0, 0.05) is 19.9 Å². The monoisotopic (exact) mass is 265 g/mol. The van der Waals surface area contributed by atoms with E-state index in [2.05, 4.69) is 15.6 Å². The van der Waals surface area contributed by atoms with E-state index in [9.17, 15) is 9.59 Å². The van der Waals surface area contributed by atoms with Crippen LogP contribution < -0.4 is 10.6 Å². The molecule has 2 heterocycles. The minimum Gasteiger partial charge on any atom is -0.478 e. The van der Waals surface area contributed by atoms with E-state index in [1.165, 1.54) is 18.5 Å². The molecule has 1 saturated heterocycles. The highest BCUT2D eigenvalue weighted by Crippen LogP contribution is 2.13. The number of amides is 1. The number of ether oxygens (including phenoxy) is 1. The van der Waals surface area contributed by atoms with Gasteiger partial charge in [-0.2, -0.15) is 0 Å². The van der Waals surface area contributed by atoms with Gasteiger partial charge in [0.1, 0.15) is 0 Å². The summed E-state index contributed by atoms with van der Waals surface area (Å²) in [4.78, 5) is 26.5. The maximum atomic E-state index is 12.0. The molecule has 0 bridgehead atoms. The number of nitrogens with zero attached hydrogens (tertiary/aromatic N) is 1. The van der Waals surface area contributed by atoms with Gasteiger partial charge in [-0.25, -0.2) is 4.79 Å². The molecule has 1 aromatic heterocycles. The van der Waals surface area contributed by atoms with Crippen molar-refractivity contribution in [2.45, 2.75) is 18.6 Å². The van der Waals surface area contributed by atoms with E-state index in [0.29, 0.717) is 18.7 Å². The average Bonchev–Trinajstić information content (AvgIpc) is 2.88. The molecule has 0 spiro atoms.